The fraction of sp³-hybridized carbons (Fsp3) is 0. The molecule has 0 aliphatic rings. The Bertz CT molecular complexity index is 467. The van der Waals surface area contributed by atoms with E-state index in [-0.39, 0.29) is 5.75 Å². The smallest absolute Gasteiger partial charge is 0.146 e. The molecule has 2 aromatic rings. The lowest BCUT2D eigenvalue weighted by atomic mass is 10.3. The summed E-state index contributed by atoms with van der Waals surface area (Å²) in [6, 6.07) is 6.61. The minimum absolute atomic E-state index is 0.161. The van der Waals surface area contributed by atoms with Gasteiger partial charge in [0.15, 0.2) is 0 Å². The van der Waals surface area contributed by atoms with E-state index >= 15 is 0 Å². The number of aromatic nitrogens is 2. The number of phenols is 1. The van der Waals surface area contributed by atoms with Crippen LogP contribution in [0.25, 0.3) is 5.69 Å². The highest BCUT2D eigenvalue weighted by Crippen LogP contribution is 2.22. The molecule has 0 atom stereocenters. The van der Waals surface area contributed by atoms with Gasteiger partial charge >= 0.3 is 0 Å². The van der Waals surface area contributed by atoms with Crippen LogP contribution in [0, 0.1) is 0 Å². The lowest BCUT2D eigenvalue weighted by Crippen LogP contribution is -2.01. The molecule has 0 unspecified atom stereocenters. The third kappa shape index (κ3) is 1.40. The standard InChI is InChI=1S/C9H8ClN3O/c10-8-5-12-13(9(8)11)6-2-1-3-7(14)4-6/h1-5,14H,11H2. The monoisotopic (exact) mass is 209 g/mol. The molecule has 0 aliphatic heterocycles. The van der Waals surface area contributed by atoms with Crippen LogP contribution in [0.4, 0.5) is 5.82 Å². The highest BCUT2D eigenvalue weighted by molar-refractivity contribution is 6.32. The molecule has 1 heterocycles. The van der Waals surface area contributed by atoms with Crippen LogP contribution < -0.4 is 5.73 Å². The zero-order chi connectivity index (χ0) is 10.1. The second-order valence-electron chi connectivity index (χ2n) is 2.81. The van der Waals surface area contributed by atoms with Crippen LogP contribution in [-0.2, 0) is 0 Å². The highest BCUT2D eigenvalue weighted by atomic mass is 35.5. The van der Waals surface area contributed by atoms with Gasteiger partial charge in [0.25, 0.3) is 0 Å². The van der Waals surface area contributed by atoms with E-state index in [0.29, 0.717) is 16.5 Å². The Hall–Kier alpha value is -1.68. The van der Waals surface area contributed by atoms with Gasteiger partial charge in [-0.1, -0.05) is 17.7 Å². The molecule has 0 amide bonds. The third-order valence-corrected chi connectivity index (χ3v) is 2.12. The number of rotatable bonds is 1. The van der Waals surface area contributed by atoms with Gasteiger partial charge in [-0.2, -0.15) is 5.10 Å². The number of phenolic OH excluding ortho intramolecular Hbond substituents is 1. The summed E-state index contributed by atoms with van der Waals surface area (Å²) in [5.41, 5.74) is 6.35. The fourth-order valence-electron chi connectivity index (χ4n) is 1.17. The van der Waals surface area contributed by atoms with E-state index in [0.717, 1.165) is 0 Å². The lowest BCUT2D eigenvalue weighted by molar-refractivity contribution is 0.475. The molecule has 0 saturated heterocycles. The Morgan fingerprint density at radius 1 is 1.43 bits per heavy atom. The fourth-order valence-corrected chi connectivity index (χ4v) is 1.29. The predicted molar refractivity (Wildman–Crippen MR) is 54.7 cm³/mol. The molecule has 1 aromatic heterocycles. The van der Waals surface area contributed by atoms with Crippen LogP contribution in [0.15, 0.2) is 30.5 Å². The lowest BCUT2D eigenvalue weighted by Gasteiger charge is -2.03. The zero-order valence-electron chi connectivity index (χ0n) is 7.18. The third-order valence-electron chi connectivity index (χ3n) is 1.83. The second kappa shape index (κ2) is 3.23. The maximum atomic E-state index is 9.26. The molecule has 72 valence electrons. The van der Waals surface area contributed by atoms with E-state index in [1.54, 1.807) is 24.3 Å². The Balaban J connectivity index is 2.55. The maximum absolute atomic E-state index is 9.26. The summed E-state index contributed by atoms with van der Waals surface area (Å²) in [5, 5.41) is 13.6. The SMILES string of the molecule is Nc1c(Cl)cnn1-c1cccc(O)c1. The number of anilines is 1. The summed E-state index contributed by atoms with van der Waals surface area (Å²) in [7, 11) is 0. The first-order valence-electron chi connectivity index (χ1n) is 3.97. The average Bonchev–Trinajstić information content (AvgIpc) is 2.48. The number of nitrogens with two attached hydrogens (primary N) is 1. The summed E-state index contributed by atoms with van der Waals surface area (Å²) >= 11 is 5.75. The molecule has 4 nitrogen and oxygen atoms in total. The van der Waals surface area contributed by atoms with Crippen molar-refractivity contribution in [2.75, 3.05) is 5.73 Å². The van der Waals surface area contributed by atoms with Crippen molar-refractivity contribution in [1.29, 1.82) is 0 Å². The maximum Gasteiger partial charge on any atom is 0.146 e. The van der Waals surface area contributed by atoms with Gasteiger partial charge in [0.05, 0.1) is 11.9 Å². The van der Waals surface area contributed by atoms with E-state index in [9.17, 15) is 5.11 Å². The van der Waals surface area contributed by atoms with E-state index < -0.39 is 0 Å². The molecule has 0 radical (unpaired) electrons. The van der Waals surface area contributed by atoms with Crippen LogP contribution in [0.3, 0.4) is 0 Å². The minimum Gasteiger partial charge on any atom is -0.508 e. The van der Waals surface area contributed by atoms with Crippen molar-refractivity contribution in [2.45, 2.75) is 0 Å². The minimum atomic E-state index is 0.161. The van der Waals surface area contributed by atoms with Crippen molar-refractivity contribution in [3.05, 3.63) is 35.5 Å². The van der Waals surface area contributed by atoms with Gasteiger partial charge in [-0.3, -0.25) is 0 Å². The molecule has 5 heteroatoms. The predicted octanol–water partition coefficient (Wildman–Crippen LogP) is 1.81. The number of nitrogen functional groups attached to an aromatic ring is 1. The van der Waals surface area contributed by atoms with E-state index in [4.69, 9.17) is 17.3 Å². The van der Waals surface area contributed by atoms with Crippen LogP contribution in [0.2, 0.25) is 5.02 Å². The van der Waals surface area contributed by atoms with Crippen molar-refractivity contribution < 1.29 is 5.11 Å². The quantitative estimate of drug-likeness (QED) is 0.753. The molecular formula is C9H8ClN3O. The van der Waals surface area contributed by atoms with E-state index in [2.05, 4.69) is 5.10 Å². The number of hydrogen-bond acceptors (Lipinski definition) is 3. The summed E-state index contributed by atoms with van der Waals surface area (Å²) in [5.74, 6) is 0.519. The molecule has 14 heavy (non-hydrogen) atoms. The molecular weight excluding hydrogens is 202 g/mol. The zero-order valence-corrected chi connectivity index (χ0v) is 7.94. The molecule has 2 rings (SSSR count). The van der Waals surface area contributed by atoms with Crippen LogP contribution >= 0.6 is 11.6 Å². The Morgan fingerprint density at radius 3 is 2.79 bits per heavy atom. The van der Waals surface area contributed by atoms with Crippen molar-refractivity contribution in [1.82, 2.24) is 9.78 Å². The average molecular weight is 210 g/mol. The molecule has 0 aliphatic carbocycles. The molecule has 1 aromatic carbocycles. The number of benzene rings is 1. The number of halogens is 1. The molecule has 0 saturated carbocycles. The van der Waals surface area contributed by atoms with Crippen molar-refractivity contribution in [3.8, 4) is 11.4 Å². The van der Waals surface area contributed by atoms with Gasteiger partial charge in [0.2, 0.25) is 0 Å². The molecule has 3 N–H and O–H groups in total. The van der Waals surface area contributed by atoms with Crippen LogP contribution in [0.1, 0.15) is 0 Å². The number of aromatic hydroxyl groups is 1. The van der Waals surface area contributed by atoms with Crippen molar-refractivity contribution in [3.63, 3.8) is 0 Å². The van der Waals surface area contributed by atoms with Gasteiger partial charge in [-0.05, 0) is 12.1 Å². The first-order valence-corrected chi connectivity index (χ1v) is 4.34. The number of hydrogen-bond donors (Lipinski definition) is 2. The van der Waals surface area contributed by atoms with Crippen LogP contribution in [-0.4, -0.2) is 14.9 Å². The first-order chi connectivity index (χ1) is 6.68. The Kier molecular flexibility index (Phi) is 2.05. The molecule has 0 fully saturated rings. The van der Waals surface area contributed by atoms with Gasteiger partial charge in [0.1, 0.15) is 16.6 Å². The van der Waals surface area contributed by atoms with Crippen molar-refractivity contribution >= 4 is 17.4 Å². The van der Waals surface area contributed by atoms with E-state index in [1.807, 2.05) is 0 Å². The van der Waals surface area contributed by atoms with Crippen molar-refractivity contribution in [2.24, 2.45) is 0 Å². The first kappa shape index (κ1) is 8.90. The Labute approximate surface area is 85.5 Å². The van der Waals surface area contributed by atoms with Gasteiger partial charge < -0.3 is 10.8 Å². The largest absolute Gasteiger partial charge is 0.508 e. The number of nitrogens with zero attached hydrogens (tertiary/aromatic N) is 2. The summed E-state index contributed by atoms with van der Waals surface area (Å²) in [6.07, 6.45) is 1.46. The van der Waals surface area contributed by atoms with Gasteiger partial charge in [0, 0.05) is 6.07 Å². The topological polar surface area (TPSA) is 64.1 Å². The van der Waals surface area contributed by atoms with E-state index in [1.165, 1.54) is 10.9 Å². The highest BCUT2D eigenvalue weighted by Gasteiger charge is 2.06. The van der Waals surface area contributed by atoms with Crippen LogP contribution in [0.5, 0.6) is 5.75 Å². The Morgan fingerprint density at radius 2 is 2.21 bits per heavy atom. The summed E-state index contributed by atoms with van der Waals surface area (Å²) < 4.78 is 1.46. The summed E-state index contributed by atoms with van der Waals surface area (Å²) in [6.45, 7) is 0. The normalized spacial score (nSPS) is 10.4. The molecule has 0 bridgehead atoms. The second-order valence-corrected chi connectivity index (χ2v) is 3.22. The van der Waals surface area contributed by atoms with Gasteiger partial charge in [-0.25, -0.2) is 4.68 Å². The van der Waals surface area contributed by atoms with Gasteiger partial charge in [-0.15, -0.1) is 0 Å². The molecule has 0 spiro atoms. The summed E-state index contributed by atoms with van der Waals surface area (Å²) in [4.78, 5) is 0.